The largest absolute Gasteiger partial charge is 0.393 e. The number of amides is 1. The van der Waals surface area contributed by atoms with Crippen LogP contribution in [0.1, 0.15) is 0 Å². The Morgan fingerprint density at radius 1 is 1.53 bits per heavy atom. The van der Waals surface area contributed by atoms with Crippen LogP contribution in [-0.4, -0.2) is 36.6 Å². The van der Waals surface area contributed by atoms with Crippen LogP contribution in [0, 0.1) is 10.1 Å². The van der Waals surface area contributed by atoms with Gasteiger partial charge in [0.15, 0.2) is 0 Å². The molecule has 1 aliphatic heterocycles. The van der Waals surface area contributed by atoms with Gasteiger partial charge in [-0.1, -0.05) is 6.07 Å². The molecule has 1 amide bonds. The summed E-state index contributed by atoms with van der Waals surface area (Å²) in [6.45, 7) is 0.828. The lowest BCUT2D eigenvalue weighted by molar-refractivity contribution is -0.383. The van der Waals surface area contributed by atoms with E-state index in [1.165, 1.54) is 6.07 Å². The average molecular weight is 266 g/mol. The lowest BCUT2D eigenvalue weighted by Crippen LogP contribution is -2.52. The predicted octanol–water partition coefficient (Wildman–Crippen LogP) is -0.132. The maximum Gasteiger partial charge on any atom is 0.315 e. The van der Waals surface area contributed by atoms with Gasteiger partial charge in [0.2, 0.25) is 5.91 Å². The van der Waals surface area contributed by atoms with Crippen LogP contribution in [0.15, 0.2) is 18.2 Å². The second-order valence-electron chi connectivity index (χ2n) is 4.16. The molecule has 0 aliphatic carbocycles. The summed E-state index contributed by atoms with van der Waals surface area (Å²) in [6, 6.07) is 3.87. The number of para-hydroxylation sites is 1. The van der Waals surface area contributed by atoms with Crippen LogP contribution in [0.4, 0.5) is 17.1 Å². The Bertz CT molecular complexity index is 519. The van der Waals surface area contributed by atoms with Crippen LogP contribution in [0.3, 0.4) is 0 Å². The average Bonchev–Trinajstić information content (AvgIpc) is 2.37. The van der Waals surface area contributed by atoms with Crippen molar-refractivity contribution in [2.45, 2.75) is 6.04 Å². The topological polar surface area (TPSA) is 125 Å². The Kier molecular flexibility index (Phi) is 3.52. The summed E-state index contributed by atoms with van der Waals surface area (Å²) in [5.74, 6) is -0.587. The number of primary amides is 1. The van der Waals surface area contributed by atoms with E-state index in [2.05, 4.69) is 0 Å². The molecule has 8 nitrogen and oxygen atoms in total. The molecule has 0 aromatic heterocycles. The molecule has 0 bridgehead atoms. The molecule has 1 unspecified atom stereocenters. The van der Waals surface area contributed by atoms with Crippen LogP contribution in [0.5, 0.6) is 0 Å². The van der Waals surface area contributed by atoms with Gasteiger partial charge >= 0.3 is 5.69 Å². The first-order chi connectivity index (χ1) is 9.02. The van der Waals surface area contributed by atoms with Crippen molar-refractivity contribution >= 4 is 23.0 Å². The van der Waals surface area contributed by atoms with E-state index in [-0.39, 0.29) is 23.7 Å². The predicted molar refractivity (Wildman–Crippen MR) is 68.7 cm³/mol. The standard InChI is InChI=1S/C11H14N4O4/c12-7-2-1-3-8(10(7)15(17)18)14-4-5-19-6-9(14)11(13)16/h1-3,9H,4-6,12H2,(H2,13,16). The van der Waals surface area contributed by atoms with E-state index < -0.39 is 16.9 Å². The molecule has 0 spiro atoms. The molecule has 4 N–H and O–H groups in total. The molecule has 1 aromatic rings. The van der Waals surface area contributed by atoms with Crippen molar-refractivity contribution in [2.75, 3.05) is 30.4 Å². The van der Waals surface area contributed by atoms with Gasteiger partial charge in [0.05, 0.1) is 18.1 Å². The summed E-state index contributed by atoms with van der Waals surface area (Å²) < 4.78 is 5.18. The van der Waals surface area contributed by atoms with E-state index >= 15 is 0 Å². The third-order valence-corrected chi connectivity index (χ3v) is 2.99. The van der Waals surface area contributed by atoms with E-state index in [4.69, 9.17) is 16.2 Å². The number of nitrogens with two attached hydrogens (primary N) is 2. The Morgan fingerprint density at radius 2 is 2.26 bits per heavy atom. The van der Waals surface area contributed by atoms with Crippen LogP contribution >= 0.6 is 0 Å². The second kappa shape index (κ2) is 5.11. The Morgan fingerprint density at radius 3 is 2.89 bits per heavy atom. The fraction of sp³-hybridized carbons (Fsp3) is 0.364. The molecule has 1 atom stereocenters. The maximum atomic E-state index is 11.4. The second-order valence-corrected chi connectivity index (χ2v) is 4.16. The number of morpholine rings is 1. The molecule has 1 heterocycles. The number of nitrogen functional groups attached to an aromatic ring is 1. The molecular weight excluding hydrogens is 252 g/mol. The van der Waals surface area contributed by atoms with E-state index in [0.717, 1.165) is 0 Å². The number of ether oxygens (including phenoxy) is 1. The van der Waals surface area contributed by atoms with Gasteiger partial charge in [-0.25, -0.2) is 0 Å². The molecule has 0 radical (unpaired) electrons. The zero-order chi connectivity index (χ0) is 14.0. The number of hydrogen-bond donors (Lipinski definition) is 2. The van der Waals surface area contributed by atoms with Crippen LogP contribution < -0.4 is 16.4 Å². The van der Waals surface area contributed by atoms with Crippen molar-refractivity contribution in [3.8, 4) is 0 Å². The number of carbonyl (C=O) groups excluding carboxylic acids is 1. The lowest BCUT2D eigenvalue weighted by Gasteiger charge is -2.35. The number of rotatable bonds is 3. The van der Waals surface area contributed by atoms with Gasteiger partial charge in [-0.2, -0.15) is 0 Å². The summed E-state index contributed by atoms with van der Waals surface area (Å²) in [5, 5.41) is 11.1. The first-order valence-electron chi connectivity index (χ1n) is 5.69. The summed E-state index contributed by atoms with van der Waals surface area (Å²) in [6.07, 6.45) is 0. The van der Waals surface area contributed by atoms with Crippen molar-refractivity contribution < 1.29 is 14.5 Å². The highest BCUT2D eigenvalue weighted by Crippen LogP contribution is 2.35. The Balaban J connectivity index is 2.47. The van der Waals surface area contributed by atoms with Crippen LogP contribution in [-0.2, 0) is 9.53 Å². The van der Waals surface area contributed by atoms with E-state index in [0.29, 0.717) is 13.2 Å². The molecule has 19 heavy (non-hydrogen) atoms. The maximum absolute atomic E-state index is 11.4. The number of benzene rings is 1. The highest BCUT2D eigenvalue weighted by atomic mass is 16.6. The monoisotopic (exact) mass is 266 g/mol. The summed E-state index contributed by atoms with van der Waals surface area (Å²) in [7, 11) is 0. The Labute approximate surface area is 109 Å². The SMILES string of the molecule is NC(=O)C1COCCN1c1cccc(N)c1[N+](=O)[O-]. The summed E-state index contributed by atoms with van der Waals surface area (Å²) in [5.41, 5.74) is 11.1. The van der Waals surface area contributed by atoms with Gasteiger partial charge in [-0.05, 0) is 12.1 Å². The summed E-state index contributed by atoms with van der Waals surface area (Å²) in [4.78, 5) is 23.5. The molecule has 8 heteroatoms. The minimum absolute atomic E-state index is 0.0530. The van der Waals surface area contributed by atoms with Crippen molar-refractivity contribution in [3.05, 3.63) is 28.3 Å². The van der Waals surface area contributed by atoms with Crippen LogP contribution in [0.2, 0.25) is 0 Å². The fourth-order valence-electron chi connectivity index (χ4n) is 2.11. The van der Waals surface area contributed by atoms with Crippen molar-refractivity contribution in [1.29, 1.82) is 0 Å². The van der Waals surface area contributed by atoms with E-state index in [9.17, 15) is 14.9 Å². The lowest BCUT2D eigenvalue weighted by atomic mass is 10.1. The van der Waals surface area contributed by atoms with E-state index in [1.807, 2.05) is 0 Å². The van der Waals surface area contributed by atoms with Gasteiger partial charge in [0, 0.05) is 6.54 Å². The molecule has 0 saturated carbocycles. The van der Waals surface area contributed by atoms with Gasteiger partial charge in [0.1, 0.15) is 17.4 Å². The van der Waals surface area contributed by atoms with Gasteiger partial charge in [-0.3, -0.25) is 14.9 Å². The first kappa shape index (κ1) is 13.1. The van der Waals surface area contributed by atoms with Gasteiger partial charge in [-0.15, -0.1) is 0 Å². The van der Waals surface area contributed by atoms with Crippen molar-refractivity contribution in [3.63, 3.8) is 0 Å². The molecule has 1 aliphatic rings. The van der Waals surface area contributed by atoms with Gasteiger partial charge in [0.25, 0.3) is 0 Å². The number of anilines is 2. The van der Waals surface area contributed by atoms with Gasteiger partial charge < -0.3 is 21.1 Å². The van der Waals surface area contributed by atoms with Crippen LogP contribution in [0.25, 0.3) is 0 Å². The van der Waals surface area contributed by atoms with Crippen molar-refractivity contribution in [1.82, 2.24) is 0 Å². The molecule has 1 aromatic carbocycles. The van der Waals surface area contributed by atoms with E-state index in [1.54, 1.807) is 17.0 Å². The molecule has 102 valence electrons. The third kappa shape index (κ3) is 2.43. The quantitative estimate of drug-likeness (QED) is 0.446. The number of nitrogens with zero attached hydrogens (tertiary/aromatic N) is 2. The number of hydrogen-bond acceptors (Lipinski definition) is 6. The minimum Gasteiger partial charge on any atom is -0.393 e. The molecule has 1 fully saturated rings. The highest BCUT2D eigenvalue weighted by Gasteiger charge is 2.32. The number of nitro benzene ring substituents is 1. The molecule has 2 rings (SSSR count). The minimum atomic E-state index is -0.728. The fourth-order valence-corrected chi connectivity index (χ4v) is 2.11. The number of nitro groups is 1. The zero-order valence-electron chi connectivity index (χ0n) is 10.1. The highest BCUT2D eigenvalue weighted by molar-refractivity contribution is 5.86. The normalized spacial score (nSPS) is 19.2. The van der Waals surface area contributed by atoms with Crippen molar-refractivity contribution in [2.24, 2.45) is 5.73 Å². The third-order valence-electron chi connectivity index (χ3n) is 2.99. The smallest absolute Gasteiger partial charge is 0.315 e. The molecular formula is C11H14N4O4. The molecule has 1 saturated heterocycles. The first-order valence-corrected chi connectivity index (χ1v) is 5.69. The number of carbonyl (C=O) groups is 1. The Hall–Kier alpha value is -2.35. The summed E-state index contributed by atoms with van der Waals surface area (Å²) >= 11 is 0. The zero-order valence-corrected chi connectivity index (χ0v) is 10.1.